The highest BCUT2D eigenvalue weighted by atomic mass is 16.3. The van der Waals surface area contributed by atoms with E-state index in [-0.39, 0.29) is 36.4 Å². The second kappa shape index (κ2) is 10.3. The second-order valence-electron chi connectivity index (χ2n) is 9.84. The summed E-state index contributed by atoms with van der Waals surface area (Å²) < 4.78 is 6.74. The fourth-order valence-corrected chi connectivity index (χ4v) is 4.26. The Morgan fingerprint density at radius 3 is 2.65 bits per heavy atom. The first kappa shape index (κ1) is 25.3. The van der Waals surface area contributed by atoms with Crippen molar-refractivity contribution in [3.8, 4) is 0 Å². The Morgan fingerprint density at radius 2 is 2.03 bits per heavy atom. The lowest BCUT2D eigenvalue weighted by Gasteiger charge is -2.37. The molecule has 2 aromatic rings. The highest BCUT2D eigenvalue weighted by Crippen LogP contribution is 2.28. The number of hydrogen-bond donors (Lipinski definition) is 2. The molecule has 0 aromatic carbocycles. The van der Waals surface area contributed by atoms with Crippen LogP contribution in [0.5, 0.6) is 0 Å². The van der Waals surface area contributed by atoms with Crippen molar-refractivity contribution < 1.29 is 14.0 Å². The molecule has 1 fully saturated rings. The maximum absolute atomic E-state index is 13.8. The van der Waals surface area contributed by atoms with Crippen molar-refractivity contribution >= 4 is 23.3 Å². The van der Waals surface area contributed by atoms with Crippen molar-refractivity contribution in [3.63, 3.8) is 0 Å². The summed E-state index contributed by atoms with van der Waals surface area (Å²) in [5, 5.41) is 0. The predicted octanol–water partition coefficient (Wildman–Crippen LogP) is 2.33. The number of aromatic nitrogens is 2. The molecule has 0 saturated carbocycles. The summed E-state index contributed by atoms with van der Waals surface area (Å²) in [6.07, 6.45) is 4.25. The zero-order valence-corrected chi connectivity index (χ0v) is 20.4. The number of nitrogens with two attached hydrogens (primary N) is 1. The molecule has 1 saturated heterocycles. The largest absolute Gasteiger partial charge is 0.467 e. The number of aromatic amines is 1. The Balaban J connectivity index is 2.01. The van der Waals surface area contributed by atoms with Gasteiger partial charge in [0.05, 0.1) is 18.7 Å². The van der Waals surface area contributed by atoms with E-state index in [1.165, 1.54) is 15.7 Å². The van der Waals surface area contributed by atoms with E-state index in [9.17, 15) is 19.2 Å². The summed E-state index contributed by atoms with van der Waals surface area (Å²) in [5.41, 5.74) is 4.34. The molecular formula is C24H35N5O5. The monoisotopic (exact) mass is 473 g/mol. The number of nitrogens with one attached hydrogen (secondary N) is 1. The zero-order chi connectivity index (χ0) is 25.0. The van der Waals surface area contributed by atoms with Gasteiger partial charge in [-0.15, -0.1) is 0 Å². The number of piperidine rings is 1. The van der Waals surface area contributed by atoms with Gasteiger partial charge in [0.1, 0.15) is 11.6 Å². The zero-order valence-electron chi connectivity index (χ0n) is 20.4. The number of H-pyrrole nitrogens is 1. The van der Waals surface area contributed by atoms with Crippen molar-refractivity contribution in [1.82, 2.24) is 14.5 Å². The Labute approximate surface area is 198 Å². The van der Waals surface area contributed by atoms with E-state index in [2.05, 4.69) is 4.98 Å². The SMILES string of the molecule is CCCCn1c(N)c(N(Cc2ccco2)C(=O)C2CCCN(C(=O)C(C)(C)C)C2)c(=O)[nH]c1=O. The molecule has 0 bridgehead atoms. The number of likely N-dealkylation sites (tertiary alicyclic amines) is 1. The number of nitrogen functional groups attached to an aromatic ring is 1. The molecule has 10 nitrogen and oxygen atoms in total. The summed E-state index contributed by atoms with van der Waals surface area (Å²) in [6, 6.07) is 3.39. The van der Waals surface area contributed by atoms with Gasteiger partial charge in [-0.05, 0) is 31.4 Å². The first-order valence-electron chi connectivity index (χ1n) is 11.8. The van der Waals surface area contributed by atoms with E-state index in [1.54, 1.807) is 17.0 Å². The van der Waals surface area contributed by atoms with Gasteiger partial charge < -0.3 is 15.1 Å². The summed E-state index contributed by atoms with van der Waals surface area (Å²) in [6.45, 7) is 8.69. The van der Waals surface area contributed by atoms with Crippen LogP contribution in [-0.4, -0.2) is 39.4 Å². The van der Waals surface area contributed by atoms with Gasteiger partial charge in [-0.25, -0.2) is 4.79 Å². The molecule has 1 aliphatic rings. The molecule has 2 aromatic heterocycles. The van der Waals surface area contributed by atoms with Gasteiger partial charge in [0.25, 0.3) is 5.56 Å². The Kier molecular flexibility index (Phi) is 7.68. The fourth-order valence-electron chi connectivity index (χ4n) is 4.26. The van der Waals surface area contributed by atoms with Crippen LogP contribution in [-0.2, 0) is 22.7 Å². The summed E-state index contributed by atoms with van der Waals surface area (Å²) in [5.74, 6) is -0.448. The van der Waals surface area contributed by atoms with E-state index in [0.29, 0.717) is 38.1 Å². The first-order valence-corrected chi connectivity index (χ1v) is 11.8. The number of anilines is 2. The maximum Gasteiger partial charge on any atom is 0.330 e. The molecule has 3 N–H and O–H groups in total. The fraction of sp³-hybridized carbons (Fsp3) is 0.583. The highest BCUT2D eigenvalue weighted by molar-refractivity contribution is 5.97. The smallest absolute Gasteiger partial charge is 0.330 e. The molecule has 1 atom stereocenters. The van der Waals surface area contributed by atoms with Crippen LogP contribution in [0.25, 0.3) is 0 Å². The molecule has 3 heterocycles. The van der Waals surface area contributed by atoms with Crippen molar-refractivity contribution in [2.75, 3.05) is 23.7 Å². The molecule has 0 radical (unpaired) electrons. The topological polar surface area (TPSA) is 135 Å². The molecule has 1 aliphatic heterocycles. The van der Waals surface area contributed by atoms with Crippen LogP contribution in [0.15, 0.2) is 32.4 Å². The van der Waals surface area contributed by atoms with Crippen LogP contribution < -0.4 is 21.9 Å². The van der Waals surface area contributed by atoms with E-state index in [0.717, 1.165) is 6.42 Å². The number of furan rings is 1. The molecule has 0 aliphatic carbocycles. The molecule has 2 amide bonds. The van der Waals surface area contributed by atoms with E-state index in [4.69, 9.17) is 10.2 Å². The van der Waals surface area contributed by atoms with Crippen molar-refractivity contribution in [3.05, 3.63) is 45.0 Å². The molecule has 0 spiro atoms. The van der Waals surface area contributed by atoms with Crippen LogP contribution in [0.2, 0.25) is 0 Å². The highest BCUT2D eigenvalue weighted by Gasteiger charge is 2.37. The second-order valence-corrected chi connectivity index (χ2v) is 9.84. The molecule has 186 valence electrons. The predicted molar refractivity (Wildman–Crippen MR) is 129 cm³/mol. The number of rotatable bonds is 7. The molecule has 10 heteroatoms. The molecule has 1 unspecified atom stereocenters. The van der Waals surface area contributed by atoms with Crippen LogP contribution in [0.4, 0.5) is 11.5 Å². The number of carbonyl (C=O) groups excluding carboxylic acids is 2. The first-order chi connectivity index (χ1) is 16.0. The Morgan fingerprint density at radius 1 is 1.29 bits per heavy atom. The van der Waals surface area contributed by atoms with Crippen LogP contribution in [0.3, 0.4) is 0 Å². The third-order valence-corrected chi connectivity index (χ3v) is 6.08. The minimum absolute atomic E-state index is 0.0190. The number of nitrogens with zero attached hydrogens (tertiary/aromatic N) is 3. The third-order valence-electron chi connectivity index (χ3n) is 6.08. The van der Waals surface area contributed by atoms with E-state index in [1.807, 2.05) is 27.7 Å². The van der Waals surface area contributed by atoms with Gasteiger partial charge in [0, 0.05) is 25.0 Å². The van der Waals surface area contributed by atoms with Gasteiger partial charge in [-0.2, -0.15) is 0 Å². The lowest BCUT2D eigenvalue weighted by Crippen LogP contribution is -2.50. The van der Waals surface area contributed by atoms with Crippen molar-refractivity contribution in [1.29, 1.82) is 0 Å². The number of unbranched alkanes of at least 4 members (excludes halogenated alkanes) is 1. The summed E-state index contributed by atoms with van der Waals surface area (Å²) >= 11 is 0. The summed E-state index contributed by atoms with van der Waals surface area (Å²) in [7, 11) is 0. The lowest BCUT2D eigenvalue weighted by atomic mass is 9.90. The van der Waals surface area contributed by atoms with Crippen molar-refractivity contribution in [2.24, 2.45) is 11.3 Å². The minimum Gasteiger partial charge on any atom is -0.467 e. The standard InChI is InChI=1S/C24H35N5O5/c1-5-6-12-28-19(25)18(20(30)26-23(28)33)29(15-17-10-8-13-34-17)21(31)16-9-7-11-27(14-16)22(32)24(2,3)4/h8,10,13,16H,5-7,9,11-12,14-15,25H2,1-4H3,(H,26,30,33). The molecule has 34 heavy (non-hydrogen) atoms. The molecule has 3 rings (SSSR count). The Hall–Kier alpha value is -3.30. The van der Waals surface area contributed by atoms with Gasteiger partial charge in [-0.3, -0.25) is 28.8 Å². The van der Waals surface area contributed by atoms with Crippen molar-refractivity contribution in [2.45, 2.75) is 66.5 Å². The van der Waals surface area contributed by atoms with Crippen LogP contribution >= 0.6 is 0 Å². The average Bonchev–Trinajstić information content (AvgIpc) is 3.30. The molecular weight excluding hydrogens is 438 g/mol. The summed E-state index contributed by atoms with van der Waals surface area (Å²) in [4.78, 5) is 57.3. The third kappa shape index (κ3) is 5.43. The van der Waals surface area contributed by atoms with Crippen LogP contribution in [0, 0.1) is 11.3 Å². The number of hydrogen-bond acceptors (Lipinski definition) is 6. The quantitative estimate of drug-likeness (QED) is 0.634. The van der Waals surface area contributed by atoms with Crippen LogP contribution in [0.1, 0.15) is 59.1 Å². The van der Waals surface area contributed by atoms with E-state index >= 15 is 0 Å². The number of carbonyl (C=O) groups is 2. The van der Waals surface area contributed by atoms with Gasteiger partial charge >= 0.3 is 5.69 Å². The normalized spacial score (nSPS) is 16.5. The van der Waals surface area contributed by atoms with Gasteiger partial charge in [-0.1, -0.05) is 34.1 Å². The van der Waals surface area contributed by atoms with E-state index < -0.39 is 22.6 Å². The minimum atomic E-state index is -0.728. The maximum atomic E-state index is 13.8. The van der Waals surface area contributed by atoms with Gasteiger partial charge in [0.2, 0.25) is 11.8 Å². The Bertz CT molecular complexity index is 1130. The average molecular weight is 474 g/mol. The lowest BCUT2D eigenvalue weighted by molar-refractivity contribution is -0.142. The van der Waals surface area contributed by atoms with Gasteiger partial charge in [0.15, 0.2) is 5.69 Å². The number of amides is 2.